The predicted molar refractivity (Wildman–Crippen MR) is 49.3 cm³/mol. The SMILES string of the molecule is CCC(NS(=O)(=O)CCC(F)(F)F)C(=O)O. The molecule has 2 N–H and O–H groups in total. The van der Waals surface area contributed by atoms with Crippen LogP contribution >= 0.6 is 0 Å². The van der Waals surface area contributed by atoms with E-state index in [1.165, 1.54) is 6.92 Å². The lowest BCUT2D eigenvalue weighted by molar-refractivity contribution is -0.139. The Morgan fingerprint density at radius 3 is 2.25 bits per heavy atom. The molecule has 0 heterocycles. The first-order chi connectivity index (χ1) is 7.07. The average molecular weight is 263 g/mol. The molecule has 9 heteroatoms. The summed E-state index contributed by atoms with van der Waals surface area (Å²) in [5.74, 6) is -2.58. The summed E-state index contributed by atoms with van der Waals surface area (Å²) in [5, 5.41) is 8.52. The molecular weight excluding hydrogens is 251 g/mol. The first-order valence-corrected chi connectivity index (χ1v) is 6.02. The number of hydrogen-bond donors (Lipinski definition) is 2. The average Bonchev–Trinajstić information content (AvgIpc) is 2.10. The standard InChI is InChI=1S/C7H12F3NO4S/c1-2-5(6(12)13)11-16(14,15)4-3-7(8,9)10/h5,11H,2-4H2,1H3,(H,12,13). The van der Waals surface area contributed by atoms with Crippen molar-refractivity contribution in [2.75, 3.05) is 5.75 Å². The molecule has 0 radical (unpaired) electrons. The van der Waals surface area contributed by atoms with Crippen molar-refractivity contribution in [2.45, 2.75) is 32.0 Å². The Morgan fingerprint density at radius 2 is 1.94 bits per heavy atom. The number of carbonyl (C=O) groups is 1. The molecule has 0 aliphatic heterocycles. The third kappa shape index (κ3) is 6.62. The van der Waals surface area contributed by atoms with E-state index in [4.69, 9.17) is 5.11 Å². The third-order valence-electron chi connectivity index (χ3n) is 1.68. The minimum absolute atomic E-state index is 0.0411. The van der Waals surface area contributed by atoms with E-state index in [2.05, 4.69) is 0 Å². The van der Waals surface area contributed by atoms with Crippen LogP contribution in [0.25, 0.3) is 0 Å². The Labute approximate surface area is 90.7 Å². The van der Waals surface area contributed by atoms with Crippen molar-refractivity contribution >= 4 is 16.0 Å². The largest absolute Gasteiger partial charge is 0.480 e. The van der Waals surface area contributed by atoms with Gasteiger partial charge in [0.2, 0.25) is 10.0 Å². The molecule has 5 nitrogen and oxygen atoms in total. The molecule has 96 valence electrons. The Morgan fingerprint density at radius 1 is 1.44 bits per heavy atom. The van der Waals surface area contributed by atoms with E-state index < -0.39 is 40.4 Å². The van der Waals surface area contributed by atoms with Gasteiger partial charge in [0.25, 0.3) is 0 Å². The highest BCUT2D eigenvalue weighted by Gasteiger charge is 2.31. The number of halogens is 3. The van der Waals surface area contributed by atoms with Crippen LogP contribution in [0.1, 0.15) is 19.8 Å². The summed E-state index contributed by atoms with van der Waals surface area (Å²) in [6.07, 6.45) is -6.13. The molecule has 0 fully saturated rings. The van der Waals surface area contributed by atoms with Gasteiger partial charge in [-0.05, 0) is 6.42 Å². The van der Waals surface area contributed by atoms with Gasteiger partial charge in [-0.25, -0.2) is 13.1 Å². The minimum Gasteiger partial charge on any atom is -0.480 e. The topological polar surface area (TPSA) is 83.5 Å². The van der Waals surface area contributed by atoms with Crippen LogP contribution in [0, 0.1) is 0 Å². The molecule has 0 saturated heterocycles. The zero-order chi connectivity index (χ0) is 13.0. The van der Waals surface area contributed by atoms with Crippen molar-refractivity contribution in [3.63, 3.8) is 0 Å². The van der Waals surface area contributed by atoms with Gasteiger partial charge in [-0.3, -0.25) is 4.79 Å². The number of rotatable bonds is 6. The fraction of sp³-hybridized carbons (Fsp3) is 0.857. The Kier molecular flexibility index (Phi) is 5.20. The van der Waals surface area contributed by atoms with E-state index in [1.807, 2.05) is 0 Å². The second-order valence-electron chi connectivity index (χ2n) is 3.10. The van der Waals surface area contributed by atoms with Gasteiger partial charge in [0, 0.05) is 0 Å². The number of nitrogens with one attached hydrogen (secondary N) is 1. The van der Waals surface area contributed by atoms with Gasteiger partial charge in [0.1, 0.15) is 6.04 Å². The predicted octanol–water partition coefficient (Wildman–Crippen LogP) is 0.721. The smallest absolute Gasteiger partial charge is 0.390 e. The fourth-order valence-electron chi connectivity index (χ4n) is 0.834. The summed E-state index contributed by atoms with van der Waals surface area (Å²) < 4.78 is 59.1. The van der Waals surface area contributed by atoms with Gasteiger partial charge in [-0.15, -0.1) is 0 Å². The van der Waals surface area contributed by atoms with Crippen LogP contribution in [0.3, 0.4) is 0 Å². The summed E-state index contributed by atoms with van der Waals surface area (Å²) in [5.41, 5.74) is 0. The second kappa shape index (κ2) is 5.48. The lowest BCUT2D eigenvalue weighted by Crippen LogP contribution is -2.41. The zero-order valence-corrected chi connectivity index (χ0v) is 9.23. The van der Waals surface area contributed by atoms with Crippen molar-refractivity contribution in [3.05, 3.63) is 0 Å². The fourth-order valence-corrected chi connectivity index (χ4v) is 2.15. The van der Waals surface area contributed by atoms with Crippen LogP contribution in [0.4, 0.5) is 13.2 Å². The van der Waals surface area contributed by atoms with Crippen molar-refractivity contribution in [1.29, 1.82) is 0 Å². The van der Waals surface area contributed by atoms with Gasteiger partial charge in [0.15, 0.2) is 0 Å². The summed E-state index contributed by atoms with van der Waals surface area (Å²) >= 11 is 0. The highest BCUT2D eigenvalue weighted by atomic mass is 32.2. The molecule has 0 aromatic carbocycles. The maximum atomic E-state index is 11.8. The number of aliphatic carboxylic acids is 1. The number of sulfonamides is 1. The molecule has 0 aliphatic carbocycles. The summed E-state index contributed by atoms with van der Waals surface area (Å²) in [6.45, 7) is 1.41. The van der Waals surface area contributed by atoms with Crippen LogP contribution in [-0.2, 0) is 14.8 Å². The first-order valence-electron chi connectivity index (χ1n) is 4.37. The number of alkyl halides is 3. The van der Waals surface area contributed by atoms with Crippen molar-refractivity contribution in [1.82, 2.24) is 4.72 Å². The lowest BCUT2D eigenvalue weighted by Gasteiger charge is -2.13. The van der Waals surface area contributed by atoms with Gasteiger partial charge in [0.05, 0.1) is 12.2 Å². The van der Waals surface area contributed by atoms with E-state index in [0.717, 1.165) is 0 Å². The van der Waals surface area contributed by atoms with Crippen molar-refractivity contribution in [2.24, 2.45) is 0 Å². The third-order valence-corrected chi connectivity index (χ3v) is 3.07. The number of carboxylic acid groups (broad SMARTS) is 1. The van der Waals surface area contributed by atoms with E-state index in [9.17, 15) is 26.4 Å². The molecule has 0 saturated carbocycles. The van der Waals surface area contributed by atoms with Crippen LogP contribution < -0.4 is 4.72 Å². The molecular formula is C7H12F3NO4S. The van der Waals surface area contributed by atoms with Gasteiger partial charge in [-0.1, -0.05) is 6.92 Å². The van der Waals surface area contributed by atoms with Crippen LogP contribution in [0.5, 0.6) is 0 Å². The van der Waals surface area contributed by atoms with E-state index in [-0.39, 0.29) is 6.42 Å². The molecule has 0 aromatic rings. The molecule has 0 aliphatic rings. The van der Waals surface area contributed by atoms with Crippen LogP contribution in [0.2, 0.25) is 0 Å². The van der Waals surface area contributed by atoms with Gasteiger partial charge in [-0.2, -0.15) is 13.2 Å². The van der Waals surface area contributed by atoms with Crippen molar-refractivity contribution in [3.8, 4) is 0 Å². The molecule has 0 bridgehead atoms. The van der Waals surface area contributed by atoms with E-state index in [1.54, 1.807) is 4.72 Å². The minimum atomic E-state index is -4.58. The Bertz CT molecular complexity index is 338. The number of carboxylic acids is 1. The molecule has 0 amide bonds. The van der Waals surface area contributed by atoms with Gasteiger partial charge < -0.3 is 5.11 Å². The molecule has 16 heavy (non-hydrogen) atoms. The van der Waals surface area contributed by atoms with Crippen molar-refractivity contribution < 1.29 is 31.5 Å². The molecule has 0 aromatic heterocycles. The molecule has 0 spiro atoms. The summed E-state index contributed by atoms with van der Waals surface area (Å²) in [6, 6.07) is -1.39. The quantitative estimate of drug-likeness (QED) is 0.739. The van der Waals surface area contributed by atoms with E-state index >= 15 is 0 Å². The highest BCUT2D eigenvalue weighted by molar-refractivity contribution is 7.89. The van der Waals surface area contributed by atoms with Crippen LogP contribution in [0.15, 0.2) is 0 Å². The molecule has 0 rings (SSSR count). The maximum Gasteiger partial charge on any atom is 0.390 e. The van der Waals surface area contributed by atoms with Crippen LogP contribution in [-0.4, -0.2) is 37.5 Å². The normalized spacial score (nSPS) is 14.8. The Hall–Kier alpha value is -0.830. The highest BCUT2D eigenvalue weighted by Crippen LogP contribution is 2.19. The molecule has 1 atom stereocenters. The Balaban J connectivity index is 4.41. The number of hydrogen-bond acceptors (Lipinski definition) is 3. The second-order valence-corrected chi connectivity index (χ2v) is 4.97. The molecule has 1 unspecified atom stereocenters. The monoisotopic (exact) mass is 263 g/mol. The maximum absolute atomic E-state index is 11.8. The summed E-state index contributed by atoms with van der Waals surface area (Å²) in [7, 11) is -4.22. The first kappa shape index (κ1) is 15.2. The zero-order valence-electron chi connectivity index (χ0n) is 8.41. The van der Waals surface area contributed by atoms with E-state index in [0.29, 0.717) is 0 Å². The van der Waals surface area contributed by atoms with Gasteiger partial charge >= 0.3 is 12.1 Å². The lowest BCUT2D eigenvalue weighted by atomic mass is 10.2. The summed E-state index contributed by atoms with van der Waals surface area (Å²) in [4.78, 5) is 10.5.